The molecule has 0 fully saturated rings. The van der Waals surface area contributed by atoms with Gasteiger partial charge in [0.05, 0.1) is 0 Å². The predicted octanol–water partition coefficient (Wildman–Crippen LogP) is 0.526. The van der Waals surface area contributed by atoms with Gasteiger partial charge in [-0.05, 0) is 17.5 Å². The van der Waals surface area contributed by atoms with Crippen molar-refractivity contribution >= 4 is 11.1 Å². The maximum absolute atomic E-state index is 11.4. The van der Waals surface area contributed by atoms with Crippen molar-refractivity contribution in [3.8, 4) is 0 Å². The third-order valence-electron chi connectivity index (χ3n) is 0.897. The molecule has 0 aliphatic rings. The lowest BCUT2D eigenvalue weighted by atomic mass is 10.3. The molecule has 0 radical (unpaired) electrons. The van der Waals surface area contributed by atoms with Crippen LogP contribution in [-0.4, -0.2) is 25.5 Å². The second-order valence-corrected chi connectivity index (χ2v) is 2.93. The standard InChI is InChI=1S/C4H7F3O3S/c5-4(6,7)2-1-3(8)11(9)10/h3,8H,1-2H2,(H,9,10)/p-1. The minimum absolute atomic E-state index is 0.806. The SMILES string of the molecule is O=S([O-])C(O)CCC(F)(F)F. The van der Waals surface area contributed by atoms with Gasteiger partial charge >= 0.3 is 6.18 Å². The minimum Gasteiger partial charge on any atom is -0.770 e. The second-order valence-electron chi connectivity index (χ2n) is 1.87. The van der Waals surface area contributed by atoms with Crippen molar-refractivity contribution in [3.63, 3.8) is 0 Å². The minimum atomic E-state index is -4.42. The zero-order valence-electron chi connectivity index (χ0n) is 5.30. The Bertz CT molecular complexity index is 146. The zero-order chi connectivity index (χ0) is 9.07. The summed E-state index contributed by atoms with van der Waals surface area (Å²) in [6.07, 6.45) is -6.51. The number of aliphatic hydroxyl groups excluding tert-OH is 1. The van der Waals surface area contributed by atoms with Crippen LogP contribution in [0.1, 0.15) is 12.8 Å². The zero-order valence-corrected chi connectivity index (χ0v) is 6.11. The van der Waals surface area contributed by atoms with Crippen molar-refractivity contribution in [2.45, 2.75) is 24.5 Å². The number of hydrogen-bond donors (Lipinski definition) is 1. The molecule has 11 heavy (non-hydrogen) atoms. The maximum atomic E-state index is 11.4. The Balaban J connectivity index is 3.63. The van der Waals surface area contributed by atoms with Gasteiger partial charge in [0.15, 0.2) is 0 Å². The van der Waals surface area contributed by atoms with Crippen molar-refractivity contribution in [1.82, 2.24) is 0 Å². The smallest absolute Gasteiger partial charge is 0.389 e. The van der Waals surface area contributed by atoms with Gasteiger partial charge in [-0.1, -0.05) is 0 Å². The third kappa shape index (κ3) is 6.27. The summed E-state index contributed by atoms with van der Waals surface area (Å²) in [6, 6.07) is 0. The van der Waals surface area contributed by atoms with Crippen LogP contribution in [0.25, 0.3) is 0 Å². The highest BCUT2D eigenvalue weighted by atomic mass is 32.2. The lowest BCUT2D eigenvalue weighted by molar-refractivity contribution is -0.137. The van der Waals surface area contributed by atoms with Gasteiger partial charge in [-0.25, -0.2) is 0 Å². The van der Waals surface area contributed by atoms with E-state index in [1.165, 1.54) is 0 Å². The molecular weight excluding hydrogens is 185 g/mol. The summed E-state index contributed by atoms with van der Waals surface area (Å²) in [5, 5.41) is 8.38. The molecule has 2 atom stereocenters. The van der Waals surface area contributed by atoms with Crippen LogP contribution < -0.4 is 0 Å². The van der Waals surface area contributed by atoms with Gasteiger partial charge < -0.3 is 9.66 Å². The van der Waals surface area contributed by atoms with Crippen molar-refractivity contribution in [2.24, 2.45) is 0 Å². The van der Waals surface area contributed by atoms with Gasteiger partial charge in [0.2, 0.25) is 0 Å². The van der Waals surface area contributed by atoms with Crippen LogP contribution in [0.4, 0.5) is 13.2 Å². The molecule has 68 valence electrons. The highest BCUT2D eigenvalue weighted by molar-refractivity contribution is 7.79. The molecular formula is C4H6F3O3S-. The summed E-state index contributed by atoms with van der Waals surface area (Å²) in [5.74, 6) is 0. The van der Waals surface area contributed by atoms with Gasteiger partial charge in [-0.3, -0.25) is 4.21 Å². The topological polar surface area (TPSA) is 60.4 Å². The first-order valence-electron chi connectivity index (χ1n) is 2.66. The van der Waals surface area contributed by atoms with Crippen LogP contribution in [0, 0.1) is 0 Å². The number of alkyl halides is 3. The average molecular weight is 191 g/mol. The fourth-order valence-electron chi connectivity index (χ4n) is 0.383. The van der Waals surface area contributed by atoms with E-state index in [-0.39, 0.29) is 0 Å². The Morgan fingerprint density at radius 3 is 2.27 bits per heavy atom. The van der Waals surface area contributed by atoms with E-state index >= 15 is 0 Å². The van der Waals surface area contributed by atoms with E-state index in [0.29, 0.717) is 0 Å². The van der Waals surface area contributed by atoms with Crippen LogP contribution in [0.3, 0.4) is 0 Å². The van der Waals surface area contributed by atoms with E-state index in [9.17, 15) is 21.9 Å². The molecule has 0 spiro atoms. The highest BCUT2D eigenvalue weighted by Crippen LogP contribution is 2.22. The lowest BCUT2D eigenvalue weighted by Crippen LogP contribution is -2.18. The Hall–Kier alpha value is -0.140. The molecule has 3 nitrogen and oxygen atoms in total. The number of aliphatic hydroxyl groups is 1. The number of rotatable bonds is 3. The monoisotopic (exact) mass is 191 g/mol. The molecule has 0 aromatic heterocycles. The molecule has 0 bridgehead atoms. The third-order valence-corrected chi connectivity index (χ3v) is 1.58. The molecule has 0 aromatic rings. The molecule has 0 saturated carbocycles. The fraction of sp³-hybridized carbons (Fsp3) is 1.00. The number of hydrogen-bond acceptors (Lipinski definition) is 3. The first-order chi connectivity index (χ1) is 4.83. The van der Waals surface area contributed by atoms with Gasteiger partial charge in [-0.2, -0.15) is 13.2 Å². The molecule has 1 N–H and O–H groups in total. The molecule has 0 amide bonds. The summed E-state index contributed by atoms with van der Waals surface area (Å²) >= 11 is -2.84. The quantitative estimate of drug-likeness (QED) is 0.662. The summed E-state index contributed by atoms with van der Waals surface area (Å²) in [4.78, 5) is 0. The largest absolute Gasteiger partial charge is 0.770 e. The van der Waals surface area contributed by atoms with E-state index in [1.807, 2.05) is 0 Å². The van der Waals surface area contributed by atoms with Crippen LogP contribution in [-0.2, 0) is 11.1 Å². The number of halogens is 3. The van der Waals surface area contributed by atoms with Gasteiger partial charge in [0, 0.05) is 6.42 Å². The van der Waals surface area contributed by atoms with Crippen LogP contribution in [0.2, 0.25) is 0 Å². The molecule has 0 saturated heterocycles. The van der Waals surface area contributed by atoms with Crippen LogP contribution in [0.15, 0.2) is 0 Å². The molecule has 0 aliphatic heterocycles. The van der Waals surface area contributed by atoms with Gasteiger partial charge in [0.1, 0.15) is 5.44 Å². The van der Waals surface area contributed by atoms with E-state index in [4.69, 9.17) is 5.11 Å². The van der Waals surface area contributed by atoms with Crippen molar-refractivity contribution in [1.29, 1.82) is 0 Å². The van der Waals surface area contributed by atoms with Gasteiger partial charge in [0.25, 0.3) is 0 Å². The van der Waals surface area contributed by atoms with E-state index in [0.717, 1.165) is 0 Å². The van der Waals surface area contributed by atoms with Crippen molar-refractivity contribution in [3.05, 3.63) is 0 Å². The van der Waals surface area contributed by atoms with Crippen LogP contribution >= 0.6 is 0 Å². The molecule has 0 heterocycles. The molecule has 0 aliphatic carbocycles. The summed E-state index contributed by atoms with van der Waals surface area (Å²) in [6.45, 7) is 0. The normalized spacial score (nSPS) is 17.9. The fourth-order valence-corrected chi connectivity index (χ4v) is 0.694. The van der Waals surface area contributed by atoms with Crippen molar-refractivity contribution in [2.75, 3.05) is 0 Å². The second kappa shape index (κ2) is 4.03. The summed E-state index contributed by atoms with van der Waals surface area (Å²) < 4.78 is 53.7. The summed E-state index contributed by atoms with van der Waals surface area (Å²) in [5.41, 5.74) is -1.92. The average Bonchev–Trinajstić information content (AvgIpc) is 1.80. The maximum Gasteiger partial charge on any atom is 0.389 e. The molecule has 7 heteroatoms. The molecule has 0 aromatic carbocycles. The predicted molar refractivity (Wildman–Crippen MR) is 30.2 cm³/mol. The van der Waals surface area contributed by atoms with Crippen molar-refractivity contribution < 1.29 is 27.0 Å². The lowest BCUT2D eigenvalue weighted by Gasteiger charge is -2.13. The first kappa shape index (κ1) is 10.9. The van der Waals surface area contributed by atoms with E-state index < -0.39 is 35.5 Å². The molecule has 2 unspecified atom stereocenters. The Kier molecular flexibility index (Phi) is 3.98. The highest BCUT2D eigenvalue weighted by Gasteiger charge is 2.27. The Labute approximate surface area is 63.5 Å². The van der Waals surface area contributed by atoms with Crippen LogP contribution in [0.5, 0.6) is 0 Å². The Morgan fingerprint density at radius 2 is 2.00 bits per heavy atom. The van der Waals surface area contributed by atoms with Gasteiger partial charge in [-0.15, -0.1) is 0 Å². The first-order valence-corrected chi connectivity index (χ1v) is 3.79. The van der Waals surface area contributed by atoms with E-state index in [2.05, 4.69) is 0 Å². The van der Waals surface area contributed by atoms with E-state index in [1.54, 1.807) is 0 Å². The summed E-state index contributed by atoms with van der Waals surface area (Å²) in [7, 11) is 0. The Morgan fingerprint density at radius 1 is 1.55 bits per heavy atom. The molecule has 0 rings (SSSR count).